The molecule has 0 N–H and O–H groups in total. The zero-order chi connectivity index (χ0) is 26.5. The number of thioether (sulfide) groups is 2. The molecule has 1 heterocycles. The van der Waals surface area contributed by atoms with Crippen LogP contribution in [0.5, 0.6) is 11.5 Å². The topological polar surface area (TPSA) is 103 Å². The maximum atomic E-state index is 12.8. The molecule has 9 heteroatoms. The van der Waals surface area contributed by atoms with Gasteiger partial charge in [-0.3, -0.25) is 0 Å². The van der Waals surface area contributed by atoms with Gasteiger partial charge in [0.2, 0.25) is 0 Å². The number of carbonyl (C=O) groups is 3. The highest BCUT2D eigenvalue weighted by Crippen LogP contribution is 2.59. The lowest BCUT2D eigenvalue weighted by Crippen LogP contribution is -2.11. The Labute approximate surface area is 222 Å². The second-order valence-corrected chi connectivity index (χ2v) is 10.2. The molecule has 0 fully saturated rings. The lowest BCUT2D eigenvalue weighted by Gasteiger charge is -2.12. The molecule has 186 valence electrons. The third-order valence-electron chi connectivity index (χ3n) is 5.20. The monoisotopic (exact) mass is 531 g/mol. The molecular formula is C28H21NO6S2. The van der Waals surface area contributed by atoms with Crippen LogP contribution in [0.25, 0.3) is 0 Å². The molecule has 3 aromatic rings. The maximum absolute atomic E-state index is 12.8. The highest BCUT2D eigenvalue weighted by Gasteiger charge is 2.32. The van der Waals surface area contributed by atoms with Gasteiger partial charge in [0, 0.05) is 0 Å². The molecule has 0 unspecified atom stereocenters. The first-order chi connectivity index (χ1) is 17.8. The summed E-state index contributed by atoms with van der Waals surface area (Å²) in [5.41, 5.74) is 2.55. The van der Waals surface area contributed by atoms with Gasteiger partial charge in [-0.1, -0.05) is 58.9 Å². The van der Waals surface area contributed by atoms with Gasteiger partial charge in [0.15, 0.2) is 5.57 Å². The van der Waals surface area contributed by atoms with E-state index in [0.717, 1.165) is 34.7 Å². The first kappa shape index (κ1) is 26.1. The van der Waals surface area contributed by atoms with Gasteiger partial charge in [-0.15, -0.1) is 0 Å². The molecule has 1 aliphatic heterocycles. The molecule has 3 aromatic carbocycles. The normalized spacial score (nSPS) is 11.8. The van der Waals surface area contributed by atoms with Crippen LogP contribution in [-0.4, -0.2) is 24.5 Å². The molecule has 0 aliphatic carbocycles. The van der Waals surface area contributed by atoms with Crippen LogP contribution in [0.15, 0.2) is 80.3 Å². The molecule has 0 saturated carbocycles. The number of hydrogen-bond acceptors (Lipinski definition) is 9. The van der Waals surface area contributed by atoms with Crippen LogP contribution in [0.3, 0.4) is 0 Å². The average molecular weight is 532 g/mol. The number of nitrogens with zero attached hydrogens (tertiary/aromatic N) is 1. The molecule has 0 amide bonds. The van der Waals surface area contributed by atoms with Crippen molar-refractivity contribution in [2.24, 2.45) is 0 Å². The third kappa shape index (κ3) is 5.88. The number of nitriles is 1. The quantitative estimate of drug-likeness (QED) is 0.158. The zero-order valence-electron chi connectivity index (χ0n) is 20.2. The fraction of sp³-hybridized carbons (Fsp3) is 0.143. The van der Waals surface area contributed by atoms with E-state index in [9.17, 15) is 19.6 Å². The summed E-state index contributed by atoms with van der Waals surface area (Å²) in [6.45, 7) is 5.58. The maximum Gasteiger partial charge on any atom is 0.350 e. The van der Waals surface area contributed by atoms with Crippen molar-refractivity contribution in [1.29, 1.82) is 5.26 Å². The van der Waals surface area contributed by atoms with E-state index in [-0.39, 0.29) is 23.7 Å². The molecule has 0 radical (unpaired) electrons. The van der Waals surface area contributed by atoms with Crippen LogP contribution in [0.2, 0.25) is 0 Å². The second kappa shape index (κ2) is 11.4. The van der Waals surface area contributed by atoms with E-state index in [0.29, 0.717) is 25.2 Å². The van der Waals surface area contributed by atoms with Crippen molar-refractivity contribution < 1.29 is 28.6 Å². The van der Waals surface area contributed by atoms with Crippen molar-refractivity contribution in [3.05, 3.63) is 92.7 Å². The van der Waals surface area contributed by atoms with Gasteiger partial charge in [0.1, 0.15) is 17.6 Å². The number of benzene rings is 3. The van der Waals surface area contributed by atoms with Crippen LogP contribution in [0.1, 0.15) is 38.8 Å². The molecule has 0 aromatic heterocycles. The molecule has 7 nitrogen and oxygen atoms in total. The number of fused-ring (bicyclic) bond motifs is 1. The van der Waals surface area contributed by atoms with Crippen molar-refractivity contribution in [3.8, 4) is 17.6 Å². The van der Waals surface area contributed by atoms with E-state index in [1.165, 1.54) is 12.1 Å². The fourth-order valence-electron chi connectivity index (χ4n) is 3.26. The van der Waals surface area contributed by atoms with E-state index in [2.05, 4.69) is 0 Å². The number of rotatable bonds is 6. The number of aryl methyl sites for hydroxylation is 2. The predicted molar refractivity (Wildman–Crippen MR) is 140 cm³/mol. The van der Waals surface area contributed by atoms with Gasteiger partial charge in [0.05, 0.1) is 31.8 Å². The third-order valence-corrected chi connectivity index (χ3v) is 7.83. The number of ether oxygens (including phenoxy) is 3. The van der Waals surface area contributed by atoms with Crippen molar-refractivity contribution in [2.75, 3.05) is 6.61 Å². The molecule has 37 heavy (non-hydrogen) atoms. The van der Waals surface area contributed by atoms with E-state index in [1.807, 2.05) is 19.9 Å². The summed E-state index contributed by atoms with van der Waals surface area (Å²) in [6, 6.07) is 18.8. The van der Waals surface area contributed by atoms with Gasteiger partial charge in [-0.25, -0.2) is 14.4 Å². The molecule has 0 spiro atoms. The van der Waals surface area contributed by atoms with Crippen molar-refractivity contribution in [1.82, 2.24) is 0 Å². The van der Waals surface area contributed by atoms with Crippen molar-refractivity contribution in [2.45, 2.75) is 30.6 Å². The van der Waals surface area contributed by atoms with E-state index >= 15 is 0 Å². The Kier molecular flexibility index (Phi) is 8.01. The summed E-state index contributed by atoms with van der Waals surface area (Å²) < 4.78 is 16.7. The molecule has 0 bridgehead atoms. The Morgan fingerprint density at radius 2 is 1.19 bits per heavy atom. The SMILES string of the molecule is CCOC(=O)C(C#N)=C1Sc2c(OC(=O)c3ccc(C)cc3)ccc(OC(=O)c3ccc(C)cc3)c2S1. The van der Waals surface area contributed by atoms with Crippen LogP contribution in [0, 0.1) is 25.2 Å². The Hall–Kier alpha value is -4.00. The zero-order valence-corrected chi connectivity index (χ0v) is 21.8. The number of carbonyl (C=O) groups excluding carboxylic acids is 3. The first-order valence-corrected chi connectivity index (χ1v) is 12.9. The largest absolute Gasteiger partial charge is 0.462 e. The summed E-state index contributed by atoms with van der Waals surface area (Å²) in [4.78, 5) is 38.9. The standard InChI is InChI=1S/C28H21NO6S2/c1-4-33-27(32)20(15-29)28-36-23-21(34-25(30)18-9-5-16(2)6-10-18)13-14-22(24(23)37-28)35-26(31)19-11-7-17(3)8-12-19/h5-14H,4H2,1-3H3. The molecule has 0 atom stereocenters. The summed E-state index contributed by atoms with van der Waals surface area (Å²) in [5.74, 6) is -1.47. The van der Waals surface area contributed by atoms with Crippen LogP contribution in [0.4, 0.5) is 0 Å². The van der Waals surface area contributed by atoms with Gasteiger partial charge >= 0.3 is 17.9 Å². The van der Waals surface area contributed by atoms with Gasteiger partial charge in [-0.05, 0) is 57.2 Å². The summed E-state index contributed by atoms with van der Waals surface area (Å²) in [5, 5.41) is 9.63. The summed E-state index contributed by atoms with van der Waals surface area (Å²) in [7, 11) is 0. The van der Waals surface area contributed by atoms with Crippen molar-refractivity contribution in [3.63, 3.8) is 0 Å². The molecule has 1 aliphatic rings. The van der Waals surface area contributed by atoms with Gasteiger partial charge < -0.3 is 14.2 Å². The highest BCUT2D eigenvalue weighted by atomic mass is 32.2. The Bertz CT molecular complexity index is 1360. The first-order valence-electron chi connectivity index (χ1n) is 11.2. The van der Waals surface area contributed by atoms with E-state index in [4.69, 9.17) is 14.2 Å². The molecule has 4 rings (SSSR count). The lowest BCUT2D eigenvalue weighted by atomic mass is 10.1. The summed E-state index contributed by atoms with van der Waals surface area (Å²) in [6.07, 6.45) is 0. The van der Waals surface area contributed by atoms with Crippen molar-refractivity contribution >= 4 is 41.4 Å². The van der Waals surface area contributed by atoms with Gasteiger partial charge in [0.25, 0.3) is 0 Å². The van der Waals surface area contributed by atoms with E-state index in [1.54, 1.807) is 55.5 Å². The average Bonchev–Trinajstić information content (AvgIpc) is 3.32. The smallest absolute Gasteiger partial charge is 0.350 e. The Balaban J connectivity index is 1.71. The lowest BCUT2D eigenvalue weighted by molar-refractivity contribution is -0.138. The minimum absolute atomic E-state index is 0.110. The minimum atomic E-state index is -0.760. The highest BCUT2D eigenvalue weighted by molar-refractivity contribution is 8.24. The Morgan fingerprint density at radius 1 is 0.757 bits per heavy atom. The minimum Gasteiger partial charge on any atom is -0.462 e. The number of hydrogen-bond donors (Lipinski definition) is 0. The van der Waals surface area contributed by atoms with Crippen LogP contribution >= 0.6 is 23.5 Å². The van der Waals surface area contributed by atoms with Crippen LogP contribution < -0.4 is 9.47 Å². The summed E-state index contributed by atoms with van der Waals surface area (Å²) >= 11 is 2.16. The second-order valence-electron chi connectivity index (χ2n) is 7.93. The number of esters is 3. The van der Waals surface area contributed by atoms with Crippen LogP contribution in [-0.2, 0) is 9.53 Å². The molecular weight excluding hydrogens is 510 g/mol. The molecule has 0 saturated heterocycles. The fourth-order valence-corrected chi connectivity index (χ4v) is 5.82. The van der Waals surface area contributed by atoms with Gasteiger partial charge in [-0.2, -0.15) is 5.26 Å². The predicted octanol–water partition coefficient (Wildman–Crippen LogP) is 6.24. The Morgan fingerprint density at radius 3 is 1.57 bits per heavy atom. The van der Waals surface area contributed by atoms with E-state index < -0.39 is 17.9 Å².